The summed E-state index contributed by atoms with van der Waals surface area (Å²) in [5, 5.41) is 15.2. The van der Waals surface area contributed by atoms with Gasteiger partial charge in [-0.3, -0.25) is 14.9 Å². The van der Waals surface area contributed by atoms with Crippen molar-refractivity contribution in [2.75, 3.05) is 6.54 Å². The van der Waals surface area contributed by atoms with Crippen molar-refractivity contribution in [1.82, 2.24) is 9.73 Å². The van der Waals surface area contributed by atoms with E-state index in [0.29, 0.717) is 10.6 Å². The maximum atomic E-state index is 13.2. The van der Waals surface area contributed by atoms with E-state index in [4.69, 9.17) is 11.6 Å². The Morgan fingerprint density at radius 1 is 1.09 bits per heavy atom. The fraction of sp³-hybridized carbons (Fsp3) is 0.0909. The number of benzene rings is 3. The molecule has 0 aliphatic heterocycles. The van der Waals surface area contributed by atoms with Crippen molar-refractivity contribution >= 4 is 55.4 Å². The summed E-state index contributed by atoms with van der Waals surface area (Å²) in [6.07, 6.45) is 1.13. The van der Waals surface area contributed by atoms with Crippen LogP contribution in [0.15, 0.2) is 87.3 Å². The predicted octanol–water partition coefficient (Wildman–Crippen LogP) is 4.35. The number of carbonyl (C=O) groups is 1. The Balaban J connectivity index is 1.80. The van der Waals surface area contributed by atoms with E-state index >= 15 is 0 Å². The molecule has 0 aromatic heterocycles. The lowest BCUT2D eigenvalue weighted by atomic mass is 10.2. The highest BCUT2D eigenvalue weighted by atomic mass is 79.9. The van der Waals surface area contributed by atoms with E-state index < -0.39 is 27.4 Å². The van der Waals surface area contributed by atoms with Gasteiger partial charge in [-0.05, 0) is 48.0 Å². The van der Waals surface area contributed by atoms with Crippen molar-refractivity contribution in [3.63, 3.8) is 0 Å². The van der Waals surface area contributed by atoms with Gasteiger partial charge in [0.05, 0.1) is 28.1 Å². The fourth-order valence-electron chi connectivity index (χ4n) is 2.91. The highest BCUT2D eigenvalue weighted by molar-refractivity contribution is 9.10. The van der Waals surface area contributed by atoms with Crippen LogP contribution >= 0.6 is 27.5 Å². The number of halogens is 2. The van der Waals surface area contributed by atoms with Gasteiger partial charge in [-0.25, -0.2) is 13.8 Å². The molecule has 0 unspecified atom stereocenters. The van der Waals surface area contributed by atoms with Crippen LogP contribution in [0.2, 0.25) is 5.02 Å². The molecule has 0 aliphatic carbocycles. The second kappa shape index (κ2) is 11.3. The van der Waals surface area contributed by atoms with Crippen molar-refractivity contribution < 1.29 is 18.1 Å². The number of hydrogen-bond acceptors (Lipinski definition) is 6. The van der Waals surface area contributed by atoms with Gasteiger partial charge in [-0.2, -0.15) is 9.41 Å². The van der Waals surface area contributed by atoms with Crippen LogP contribution in [0, 0.1) is 10.1 Å². The lowest BCUT2D eigenvalue weighted by molar-refractivity contribution is -0.385. The molecule has 0 atom stereocenters. The highest BCUT2D eigenvalue weighted by Gasteiger charge is 2.27. The molecule has 34 heavy (non-hydrogen) atoms. The van der Waals surface area contributed by atoms with Crippen molar-refractivity contribution in [2.45, 2.75) is 11.4 Å². The SMILES string of the molecule is O=C(CN(Cc1ccc(Br)cc1)S(=O)(=O)c1ccc(Cl)cc1)N/N=C\c1ccccc1[N+](=O)[O-]. The van der Waals surface area contributed by atoms with Gasteiger partial charge >= 0.3 is 0 Å². The smallest absolute Gasteiger partial charge is 0.272 e. The maximum Gasteiger partial charge on any atom is 0.278 e. The third-order valence-corrected chi connectivity index (χ3v) is 7.16. The normalized spacial score (nSPS) is 11.6. The number of para-hydroxylation sites is 1. The Morgan fingerprint density at radius 3 is 2.38 bits per heavy atom. The molecule has 0 aliphatic rings. The first-order valence-corrected chi connectivity index (χ1v) is 12.3. The van der Waals surface area contributed by atoms with Crippen LogP contribution < -0.4 is 5.43 Å². The molecule has 9 nitrogen and oxygen atoms in total. The number of amides is 1. The summed E-state index contributed by atoms with van der Waals surface area (Å²) in [7, 11) is -4.06. The lowest BCUT2D eigenvalue weighted by Gasteiger charge is -2.21. The molecule has 3 aromatic carbocycles. The molecule has 176 valence electrons. The van der Waals surface area contributed by atoms with Crippen LogP contribution in [0.1, 0.15) is 11.1 Å². The first-order chi connectivity index (χ1) is 16.2. The molecule has 3 rings (SSSR count). The minimum absolute atomic E-state index is 0.0229. The molecule has 1 amide bonds. The van der Waals surface area contributed by atoms with Gasteiger partial charge in [-0.1, -0.05) is 51.8 Å². The predicted molar refractivity (Wildman–Crippen MR) is 132 cm³/mol. The third-order valence-electron chi connectivity index (χ3n) is 4.57. The maximum absolute atomic E-state index is 13.2. The van der Waals surface area contributed by atoms with Crippen molar-refractivity contribution in [2.24, 2.45) is 5.10 Å². The molecule has 1 N–H and O–H groups in total. The molecular weight excluding hydrogens is 548 g/mol. The molecule has 0 radical (unpaired) electrons. The number of hydrogen-bond donors (Lipinski definition) is 1. The van der Waals surface area contributed by atoms with E-state index in [2.05, 4.69) is 26.5 Å². The monoisotopic (exact) mass is 564 g/mol. The van der Waals surface area contributed by atoms with E-state index in [9.17, 15) is 23.3 Å². The number of hydrazone groups is 1. The average molecular weight is 566 g/mol. The Kier molecular flexibility index (Phi) is 8.51. The number of rotatable bonds is 9. The molecule has 3 aromatic rings. The Labute approximate surface area is 209 Å². The second-order valence-corrected chi connectivity index (χ2v) is 10.3. The third kappa shape index (κ3) is 6.70. The number of nitro groups is 1. The summed E-state index contributed by atoms with van der Waals surface area (Å²) < 4.78 is 28.3. The van der Waals surface area contributed by atoms with E-state index in [1.165, 1.54) is 42.5 Å². The van der Waals surface area contributed by atoms with Crippen LogP contribution in [0.5, 0.6) is 0 Å². The second-order valence-electron chi connectivity index (χ2n) is 6.96. The zero-order valence-corrected chi connectivity index (χ0v) is 20.6. The van der Waals surface area contributed by atoms with Gasteiger partial charge in [-0.15, -0.1) is 0 Å². The topological polar surface area (TPSA) is 122 Å². The van der Waals surface area contributed by atoms with Gasteiger partial charge in [0, 0.05) is 22.1 Å². The highest BCUT2D eigenvalue weighted by Crippen LogP contribution is 2.21. The van der Waals surface area contributed by atoms with E-state index in [1.54, 1.807) is 30.3 Å². The first-order valence-electron chi connectivity index (χ1n) is 9.72. The summed E-state index contributed by atoms with van der Waals surface area (Å²) in [6, 6.07) is 18.5. The van der Waals surface area contributed by atoms with Crippen LogP contribution in [-0.2, 0) is 21.4 Å². The van der Waals surface area contributed by atoms with Crippen LogP contribution in [0.3, 0.4) is 0 Å². The van der Waals surface area contributed by atoms with Crippen LogP contribution in [0.4, 0.5) is 5.69 Å². The van der Waals surface area contributed by atoms with Gasteiger partial charge in [0.25, 0.3) is 11.6 Å². The summed E-state index contributed by atoms with van der Waals surface area (Å²) in [6.45, 7) is -0.602. The molecule has 0 spiro atoms. The minimum atomic E-state index is -4.06. The van der Waals surface area contributed by atoms with Gasteiger partial charge in [0.15, 0.2) is 0 Å². The summed E-state index contributed by atoms with van der Waals surface area (Å²) in [5.41, 5.74) is 2.90. The van der Waals surface area contributed by atoms with E-state index in [0.717, 1.165) is 15.0 Å². The molecule has 0 saturated carbocycles. The fourth-order valence-corrected chi connectivity index (χ4v) is 4.68. The van der Waals surface area contributed by atoms with E-state index in [1.807, 2.05) is 0 Å². The van der Waals surface area contributed by atoms with Gasteiger partial charge < -0.3 is 0 Å². The minimum Gasteiger partial charge on any atom is -0.272 e. The standard InChI is InChI=1S/C22H18BrClN4O5S/c23-18-7-5-16(6-8-18)14-27(34(32,33)20-11-9-19(24)10-12-20)15-22(29)26-25-13-17-3-1-2-4-21(17)28(30)31/h1-13H,14-15H2,(H,26,29)/b25-13-. The first kappa shape index (κ1) is 25.5. The molecular formula is C22H18BrClN4O5S. The zero-order chi connectivity index (χ0) is 24.7. The summed E-state index contributed by atoms with van der Waals surface area (Å²) in [5.74, 6) is -0.718. The quantitative estimate of drug-likeness (QED) is 0.235. The largest absolute Gasteiger partial charge is 0.278 e. The molecule has 12 heteroatoms. The zero-order valence-electron chi connectivity index (χ0n) is 17.5. The number of nitro benzene ring substituents is 1. The number of sulfonamides is 1. The number of carbonyl (C=O) groups excluding carboxylic acids is 1. The van der Waals surface area contributed by atoms with Gasteiger partial charge in [0.1, 0.15) is 0 Å². The van der Waals surface area contributed by atoms with Crippen molar-refractivity contribution in [3.8, 4) is 0 Å². The van der Waals surface area contributed by atoms with Gasteiger partial charge in [0.2, 0.25) is 10.0 Å². The molecule has 0 bridgehead atoms. The number of nitrogens with one attached hydrogen (secondary N) is 1. The van der Waals surface area contributed by atoms with Crippen molar-refractivity contribution in [3.05, 3.63) is 104 Å². The Morgan fingerprint density at radius 2 is 1.74 bits per heavy atom. The lowest BCUT2D eigenvalue weighted by Crippen LogP contribution is -2.39. The summed E-state index contributed by atoms with van der Waals surface area (Å²) >= 11 is 9.20. The molecule has 0 heterocycles. The van der Waals surface area contributed by atoms with E-state index in [-0.39, 0.29) is 22.7 Å². The van der Waals surface area contributed by atoms with Crippen LogP contribution in [0.25, 0.3) is 0 Å². The Hall–Kier alpha value is -3.12. The average Bonchev–Trinajstić information content (AvgIpc) is 2.80. The Bertz CT molecular complexity index is 1320. The van der Waals surface area contributed by atoms with Crippen molar-refractivity contribution in [1.29, 1.82) is 0 Å². The van der Waals surface area contributed by atoms with Crippen LogP contribution in [-0.4, -0.2) is 36.3 Å². The molecule has 0 fully saturated rings. The number of nitrogens with zero attached hydrogens (tertiary/aromatic N) is 3. The molecule has 0 saturated heterocycles. The summed E-state index contributed by atoms with van der Waals surface area (Å²) in [4.78, 5) is 23.1.